The number of hydrogen-bond donors (Lipinski definition) is 2. The molecule has 2 rings (SSSR count). The minimum Gasteiger partial charge on any atom is -0.496 e. The Morgan fingerprint density at radius 1 is 1.29 bits per heavy atom. The molecule has 3 N–H and O–H groups in total. The van der Waals surface area contributed by atoms with Gasteiger partial charge >= 0.3 is 0 Å². The van der Waals surface area contributed by atoms with Crippen LogP contribution in [0.2, 0.25) is 10.0 Å². The van der Waals surface area contributed by atoms with E-state index in [-0.39, 0.29) is 0 Å². The number of methoxy groups -OCH3 is 1. The Kier molecular flexibility index (Phi) is 5.42. The van der Waals surface area contributed by atoms with Crippen molar-refractivity contribution in [1.82, 2.24) is 5.43 Å². The minimum atomic E-state index is -0.489. The zero-order valence-corrected chi connectivity index (χ0v) is 12.9. The van der Waals surface area contributed by atoms with Crippen molar-refractivity contribution in [3.63, 3.8) is 0 Å². The van der Waals surface area contributed by atoms with Gasteiger partial charge in [-0.05, 0) is 42.3 Å². The summed E-state index contributed by atoms with van der Waals surface area (Å²) in [5.41, 5.74) is 3.74. The Balaban J connectivity index is 2.39. The second-order valence-corrected chi connectivity index (χ2v) is 5.36. The Hall–Kier alpha value is -1.33. The molecule has 0 saturated heterocycles. The average Bonchev–Trinajstić information content (AvgIpc) is 2.48. The van der Waals surface area contributed by atoms with Crippen LogP contribution in [0.25, 0.3) is 0 Å². The van der Waals surface area contributed by atoms with Crippen LogP contribution in [0.4, 0.5) is 4.39 Å². The zero-order valence-electron chi connectivity index (χ0n) is 11.4. The van der Waals surface area contributed by atoms with Gasteiger partial charge in [-0.25, -0.2) is 4.39 Å². The third kappa shape index (κ3) is 3.66. The molecule has 0 saturated carbocycles. The summed E-state index contributed by atoms with van der Waals surface area (Å²) in [6.07, 6.45) is 0.382. The Morgan fingerprint density at radius 2 is 2.05 bits per heavy atom. The Bertz CT molecular complexity index is 637. The topological polar surface area (TPSA) is 47.3 Å². The molecular weight excluding hydrogens is 314 g/mol. The molecule has 0 radical (unpaired) electrons. The molecule has 0 aliphatic carbocycles. The first-order valence-corrected chi connectivity index (χ1v) is 7.05. The lowest BCUT2D eigenvalue weighted by molar-refractivity contribution is 0.390. The number of ether oxygens (including phenoxy) is 1. The van der Waals surface area contributed by atoms with Crippen LogP contribution < -0.4 is 16.0 Å². The van der Waals surface area contributed by atoms with Crippen molar-refractivity contribution < 1.29 is 9.13 Å². The number of hydrazine groups is 1. The predicted octanol–water partition coefficient (Wildman–Crippen LogP) is 3.89. The van der Waals surface area contributed by atoms with Crippen LogP contribution in [-0.2, 0) is 6.42 Å². The molecule has 0 bridgehead atoms. The molecule has 2 aromatic rings. The summed E-state index contributed by atoms with van der Waals surface area (Å²) in [7, 11) is 1.48. The van der Waals surface area contributed by atoms with E-state index < -0.39 is 11.9 Å². The summed E-state index contributed by atoms with van der Waals surface area (Å²) < 4.78 is 19.3. The van der Waals surface area contributed by atoms with Gasteiger partial charge in [0.1, 0.15) is 11.6 Å². The van der Waals surface area contributed by atoms with Crippen LogP contribution in [-0.4, -0.2) is 7.11 Å². The maximum atomic E-state index is 14.1. The molecule has 3 nitrogen and oxygen atoms in total. The van der Waals surface area contributed by atoms with E-state index in [1.54, 1.807) is 30.3 Å². The van der Waals surface area contributed by atoms with Crippen molar-refractivity contribution in [3.8, 4) is 5.75 Å². The van der Waals surface area contributed by atoms with E-state index in [9.17, 15) is 4.39 Å². The van der Waals surface area contributed by atoms with Gasteiger partial charge in [0.2, 0.25) is 0 Å². The molecule has 112 valence electrons. The first-order chi connectivity index (χ1) is 10.1. The van der Waals surface area contributed by atoms with Crippen LogP contribution >= 0.6 is 23.2 Å². The van der Waals surface area contributed by atoms with E-state index >= 15 is 0 Å². The first-order valence-electron chi connectivity index (χ1n) is 6.29. The monoisotopic (exact) mass is 328 g/mol. The molecule has 0 aliphatic heterocycles. The van der Waals surface area contributed by atoms with Crippen molar-refractivity contribution in [2.75, 3.05) is 7.11 Å². The van der Waals surface area contributed by atoms with Gasteiger partial charge in [-0.1, -0.05) is 29.3 Å². The van der Waals surface area contributed by atoms with Gasteiger partial charge < -0.3 is 4.74 Å². The van der Waals surface area contributed by atoms with Crippen LogP contribution in [0.3, 0.4) is 0 Å². The summed E-state index contributed by atoms with van der Waals surface area (Å²) in [5.74, 6) is 5.62. The fraction of sp³-hybridized carbons (Fsp3) is 0.200. The largest absolute Gasteiger partial charge is 0.496 e. The highest BCUT2D eigenvalue weighted by molar-refractivity contribution is 6.33. The molecule has 21 heavy (non-hydrogen) atoms. The molecule has 2 aromatic carbocycles. The Labute approximate surface area is 132 Å². The molecule has 6 heteroatoms. The number of nitrogens with two attached hydrogens (primary N) is 1. The SMILES string of the molecule is COc1cccc(F)c1C(Cc1cc(Cl)ccc1Cl)NN. The quantitative estimate of drug-likeness (QED) is 0.646. The lowest BCUT2D eigenvalue weighted by Gasteiger charge is -2.20. The van der Waals surface area contributed by atoms with E-state index in [2.05, 4.69) is 5.43 Å². The van der Waals surface area contributed by atoms with Crippen molar-refractivity contribution in [3.05, 3.63) is 63.4 Å². The highest BCUT2D eigenvalue weighted by Gasteiger charge is 2.21. The summed E-state index contributed by atoms with van der Waals surface area (Å²) in [6, 6.07) is 9.27. The molecule has 1 atom stereocenters. The molecule has 0 amide bonds. The normalized spacial score (nSPS) is 12.2. The van der Waals surface area contributed by atoms with Gasteiger partial charge in [-0.15, -0.1) is 0 Å². The average molecular weight is 329 g/mol. The van der Waals surface area contributed by atoms with Crippen molar-refractivity contribution in [2.45, 2.75) is 12.5 Å². The maximum absolute atomic E-state index is 14.1. The van der Waals surface area contributed by atoms with Crippen LogP contribution in [0.15, 0.2) is 36.4 Å². The number of nitrogens with one attached hydrogen (secondary N) is 1. The summed E-state index contributed by atoms with van der Waals surface area (Å²) in [5, 5.41) is 1.11. The summed E-state index contributed by atoms with van der Waals surface area (Å²) in [4.78, 5) is 0. The smallest absolute Gasteiger partial charge is 0.131 e. The minimum absolute atomic E-state index is 0.360. The summed E-state index contributed by atoms with van der Waals surface area (Å²) in [6.45, 7) is 0. The third-order valence-corrected chi connectivity index (χ3v) is 3.82. The molecular formula is C15H15Cl2FN2O. The van der Waals surface area contributed by atoms with E-state index in [1.807, 2.05) is 0 Å². The highest BCUT2D eigenvalue weighted by atomic mass is 35.5. The first kappa shape index (κ1) is 16.0. The fourth-order valence-corrected chi connectivity index (χ4v) is 2.59. The van der Waals surface area contributed by atoms with Gasteiger partial charge in [0.05, 0.1) is 13.2 Å². The van der Waals surface area contributed by atoms with E-state index in [4.69, 9.17) is 33.8 Å². The molecule has 0 spiro atoms. The maximum Gasteiger partial charge on any atom is 0.131 e. The molecule has 0 aliphatic rings. The van der Waals surface area contributed by atoms with Crippen LogP contribution in [0.1, 0.15) is 17.2 Å². The van der Waals surface area contributed by atoms with Crippen molar-refractivity contribution in [1.29, 1.82) is 0 Å². The Morgan fingerprint density at radius 3 is 2.71 bits per heavy atom. The molecule has 0 heterocycles. The van der Waals surface area contributed by atoms with E-state index in [0.29, 0.717) is 27.8 Å². The fourth-order valence-electron chi connectivity index (χ4n) is 2.20. The number of halogens is 3. The molecule has 0 aromatic heterocycles. The lowest BCUT2D eigenvalue weighted by Crippen LogP contribution is -2.30. The van der Waals surface area contributed by atoms with Crippen LogP contribution in [0, 0.1) is 5.82 Å². The van der Waals surface area contributed by atoms with Crippen molar-refractivity contribution in [2.24, 2.45) is 5.84 Å². The predicted molar refractivity (Wildman–Crippen MR) is 83.2 cm³/mol. The van der Waals surface area contributed by atoms with Gasteiger partial charge in [-0.3, -0.25) is 11.3 Å². The second-order valence-electron chi connectivity index (χ2n) is 4.51. The lowest BCUT2D eigenvalue weighted by atomic mass is 9.98. The molecule has 1 unspecified atom stereocenters. The van der Waals surface area contributed by atoms with Crippen LogP contribution in [0.5, 0.6) is 5.75 Å². The highest BCUT2D eigenvalue weighted by Crippen LogP contribution is 2.32. The van der Waals surface area contributed by atoms with E-state index in [1.165, 1.54) is 13.2 Å². The van der Waals surface area contributed by atoms with E-state index in [0.717, 1.165) is 5.56 Å². The van der Waals surface area contributed by atoms with Gasteiger partial charge in [0, 0.05) is 15.6 Å². The second kappa shape index (κ2) is 7.09. The number of hydrogen-bond acceptors (Lipinski definition) is 3. The third-order valence-electron chi connectivity index (χ3n) is 3.21. The zero-order chi connectivity index (χ0) is 15.4. The number of rotatable bonds is 5. The van der Waals surface area contributed by atoms with Gasteiger partial charge in [0.25, 0.3) is 0 Å². The number of benzene rings is 2. The van der Waals surface area contributed by atoms with Crippen molar-refractivity contribution >= 4 is 23.2 Å². The van der Waals surface area contributed by atoms with Gasteiger partial charge in [0.15, 0.2) is 0 Å². The standard InChI is InChI=1S/C15H15Cl2FN2O/c1-21-14-4-2-3-12(18)15(14)13(20-19)8-9-7-10(16)5-6-11(9)17/h2-7,13,20H,8,19H2,1H3. The summed E-state index contributed by atoms with van der Waals surface area (Å²) >= 11 is 12.1. The molecule has 0 fully saturated rings. The van der Waals surface area contributed by atoms with Gasteiger partial charge in [-0.2, -0.15) is 0 Å².